The monoisotopic (exact) mass is 237 g/mol. The number of nitrogens with zero attached hydrogens (tertiary/aromatic N) is 3. The van der Waals surface area contributed by atoms with E-state index in [9.17, 15) is 10.1 Å². The average molecular weight is 237 g/mol. The van der Waals surface area contributed by atoms with Crippen LogP contribution in [0.25, 0.3) is 0 Å². The van der Waals surface area contributed by atoms with Crippen LogP contribution in [0.2, 0.25) is 0 Å². The van der Waals surface area contributed by atoms with Crippen LogP contribution in [0.1, 0.15) is 12.6 Å². The number of nitro groups is 1. The zero-order chi connectivity index (χ0) is 13.0. The topological polar surface area (TPSA) is 116 Å². The van der Waals surface area contributed by atoms with Gasteiger partial charge in [-0.15, -0.1) is 6.42 Å². The second-order valence-electron chi connectivity index (χ2n) is 3.11. The molecule has 8 nitrogen and oxygen atoms in total. The number of hydrogen-bond donors (Lipinski definition) is 2. The fourth-order valence-corrected chi connectivity index (χ4v) is 1.10. The highest BCUT2D eigenvalue weighted by atomic mass is 16.6. The minimum atomic E-state index is -0.645. The Hall–Kier alpha value is -2.40. The number of ether oxygens (including phenoxy) is 1. The van der Waals surface area contributed by atoms with E-state index in [1.807, 2.05) is 0 Å². The van der Waals surface area contributed by atoms with Gasteiger partial charge in [0.25, 0.3) is 0 Å². The van der Waals surface area contributed by atoms with E-state index in [1.165, 1.54) is 6.92 Å². The number of aryl methyl sites for hydroxylation is 1. The fraction of sp³-hybridized carbons (Fsp3) is 0.333. The van der Waals surface area contributed by atoms with E-state index in [0.29, 0.717) is 0 Å². The lowest BCUT2D eigenvalue weighted by Crippen LogP contribution is -2.16. The van der Waals surface area contributed by atoms with Crippen LogP contribution in [0.15, 0.2) is 0 Å². The van der Waals surface area contributed by atoms with Crippen LogP contribution in [-0.4, -0.2) is 21.0 Å². The maximum absolute atomic E-state index is 10.9. The summed E-state index contributed by atoms with van der Waals surface area (Å²) < 4.78 is 5.15. The molecule has 0 bridgehead atoms. The highest BCUT2D eigenvalue weighted by Gasteiger charge is 2.24. The van der Waals surface area contributed by atoms with Crippen molar-refractivity contribution in [2.45, 2.75) is 20.0 Å². The summed E-state index contributed by atoms with van der Waals surface area (Å²) >= 11 is 0. The molecule has 0 aliphatic heterocycles. The van der Waals surface area contributed by atoms with E-state index in [4.69, 9.17) is 17.0 Å². The van der Waals surface area contributed by atoms with Crippen LogP contribution in [0, 0.1) is 29.4 Å². The van der Waals surface area contributed by atoms with Crippen molar-refractivity contribution in [3.8, 4) is 18.2 Å². The molecule has 0 aliphatic carbocycles. The first-order chi connectivity index (χ1) is 7.99. The van der Waals surface area contributed by atoms with Crippen LogP contribution >= 0.6 is 0 Å². The largest absolute Gasteiger partial charge is 0.456 e. The van der Waals surface area contributed by atoms with Gasteiger partial charge >= 0.3 is 11.6 Å². The van der Waals surface area contributed by atoms with Gasteiger partial charge in [0.1, 0.15) is 5.69 Å². The molecule has 0 amide bonds. The van der Waals surface area contributed by atoms with Gasteiger partial charge in [-0.05, 0) is 13.8 Å². The van der Waals surface area contributed by atoms with Gasteiger partial charge in [-0.25, -0.2) is 10.8 Å². The standard InChI is InChI=1S/C9H11N5O3/c1-4-5(2)17-8-7(14(15)16)6(3)11-9(12-8)13-10/h1,5H,10H2,2-3H3,(H,11,12,13). The SMILES string of the molecule is C#CC(C)Oc1nc(NN)nc(C)c1[N+](=O)[O-]. The molecule has 0 saturated carbocycles. The Morgan fingerprint density at radius 2 is 2.29 bits per heavy atom. The molecule has 0 saturated heterocycles. The summed E-state index contributed by atoms with van der Waals surface area (Å²) in [6.07, 6.45) is 4.48. The highest BCUT2D eigenvalue weighted by Crippen LogP contribution is 2.29. The summed E-state index contributed by atoms with van der Waals surface area (Å²) in [5.41, 5.74) is 2.00. The molecule has 17 heavy (non-hydrogen) atoms. The third-order valence-corrected chi connectivity index (χ3v) is 1.86. The Labute approximate surface area is 97.3 Å². The smallest absolute Gasteiger partial charge is 0.352 e. The van der Waals surface area contributed by atoms with E-state index in [1.54, 1.807) is 6.92 Å². The van der Waals surface area contributed by atoms with Gasteiger partial charge in [0.2, 0.25) is 5.95 Å². The van der Waals surface area contributed by atoms with Crippen LogP contribution in [-0.2, 0) is 0 Å². The van der Waals surface area contributed by atoms with Crippen molar-refractivity contribution in [1.29, 1.82) is 0 Å². The van der Waals surface area contributed by atoms with Crippen molar-refractivity contribution in [1.82, 2.24) is 9.97 Å². The predicted octanol–water partition coefficient (Wildman–Crippen LogP) is 0.379. The van der Waals surface area contributed by atoms with Gasteiger partial charge in [-0.3, -0.25) is 15.5 Å². The Morgan fingerprint density at radius 1 is 1.65 bits per heavy atom. The molecule has 1 atom stereocenters. The van der Waals surface area contributed by atoms with Crippen molar-refractivity contribution in [2.75, 3.05) is 5.43 Å². The van der Waals surface area contributed by atoms with Crippen molar-refractivity contribution in [3.63, 3.8) is 0 Å². The molecular weight excluding hydrogens is 226 g/mol. The van der Waals surface area contributed by atoms with Crippen molar-refractivity contribution in [3.05, 3.63) is 15.8 Å². The van der Waals surface area contributed by atoms with Crippen LogP contribution in [0.4, 0.5) is 11.6 Å². The normalized spacial score (nSPS) is 11.4. The van der Waals surface area contributed by atoms with Gasteiger partial charge < -0.3 is 4.74 Å². The molecule has 8 heteroatoms. The molecule has 0 fully saturated rings. The molecule has 0 aromatic carbocycles. The zero-order valence-corrected chi connectivity index (χ0v) is 9.30. The summed E-state index contributed by atoms with van der Waals surface area (Å²) in [7, 11) is 0. The summed E-state index contributed by atoms with van der Waals surface area (Å²) in [5.74, 6) is 7.23. The first-order valence-corrected chi connectivity index (χ1v) is 4.62. The lowest BCUT2D eigenvalue weighted by atomic mass is 10.3. The van der Waals surface area contributed by atoms with Gasteiger partial charge in [-0.1, -0.05) is 5.92 Å². The molecule has 1 unspecified atom stereocenters. The summed E-state index contributed by atoms with van der Waals surface area (Å²) in [4.78, 5) is 17.8. The molecule has 0 radical (unpaired) electrons. The lowest BCUT2D eigenvalue weighted by molar-refractivity contribution is -0.387. The third kappa shape index (κ3) is 2.79. The van der Waals surface area contributed by atoms with Gasteiger partial charge in [0.05, 0.1) is 4.92 Å². The van der Waals surface area contributed by atoms with E-state index >= 15 is 0 Å². The average Bonchev–Trinajstić information content (AvgIpc) is 2.27. The van der Waals surface area contributed by atoms with E-state index in [-0.39, 0.29) is 23.2 Å². The number of aromatic nitrogens is 2. The maximum atomic E-state index is 10.9. The fourth-order valence-electron chi connectivity index (χ4n) is 1.10. The first-order valence-electron chi connectivity index (χ1n) is 4.62. The molecule has 0 spiro atoms. The molecule has 1 aromatic heterocycles. The number of rotatable bonds is 4. The maximum Gasteiger partial charge on any atom is 0.352 e. The minimum Gasteiger partial charge on any atom is -0.456 e. The molecule has 1 heterocycles. The van der Waals surface area contributed by atoms with E-state index in [0.717, 1.165) is 0 Å². The van der Waals surface area contributed by atoms with Crippen molar-refractivity contribution in [2.24, 2.45) is 5.84 Å². The Balaban J connectivity index is 3.28. The molecule has 1 aromatic rings. The summed E-state index contributed by atoms with van der Waals surface area (Å²) in [6.45, 7) is 3.02. The number of terminal acetylenes is 1. The summed E-state index contributed by atoms with van der Waals surface area (Å²) in [6, 6.07) is 0. The number of hydrogen-bond acceptors (Lipinski definition) is 7. The number of hydrazine groups is 1. The first kappa shape index (κ1) is 12.7. The van der Waals surface area contributed by atoms with E-state index < -0.39 is 11.0 Å². The number of nitrogens with one attached hydrogen (secondary N) is 1. The zero-order valence-electron chi connectivity index (χ0n) is 9.30. The molecule has 1 rings (SSSR count). The second-order valence-corrected chi connectivity index (χ2v) is 3.11. The van der Waals surface area contributed by atoms with E-state index in [2.05, 4.69) is 21.3 Å². The van der Waals surface area contributed by atoms with Crippen LogP contribution in [0.5, 0.6) is 5.88 Å². The van der Waals surface area contributed by atoms with Gasteiger partial charge in [0.15, 0.2) is 6.10 Å². The quantitative estimate of drug-likeness (QED) is 0.336. The Kier molecular flexibility index (Phi) is 3.79. The number of anilines is 1. The number of nitrogen functional groups attached to an aromatic ring is 1. The highest BCUT2D eigenvalue weighted by molar-refractivity contribution is 5.48. The second kappa shape index (κ2) is 5.09. The molecule has 3 N–H and O–H groups in total. The van der Waals surface area contributed by atoms with Crippen LogP contribution < -0.4 is 16.0 Å². The lowest BCUT2D eigenvalue weighted by Gasteiger charge is -2.10. The van der Waals surface area contributed by atoms with Gasteiger partial charge in [-0.2, -0.15) is 4.98 Å². The van der Waals surface area contributed by atoms with Crippen molar-refractivity contribution < 1.29 is 9.66 Å². The Morgan fingerprint density at radius 3 is 2.76 bits per heavy atom. The van der Waals surface area contributed by atoms with Crippen LogP contribution in [0.3, 0.4) is 0 Å². The Bertz CT molecular complexity index is 482. The van der Waals surface area contributed by atoms with Crippen molar-refractivity contribution >= 4 is 11.6 Å². The predicted molar refractivity (Wildman–Crippen MR) is 60.2 cm³/mol. The molecule has 90 valence electrons. The third-order valence-electron chi connectivity index (χ3n) is 1.86. The molecular formula is C9H11N5O3. The number of nitrogens with two attached hydrogens (primary N) is 1. The summed E-state index contributed by atoms with van der Waals surface area (Å²) in [5, 5.41) is 10.9. The van der Waals surface area contributed by atoms with Gasteiger partial charge in [0, 0.05) is 0 Å². The minimum absolute atomic E-state index is 0.0207. The molecule has 0 aliphatic rings.